The lowest BCUT2D eigenvalue weighted by Crippen LogP contribution is -2.11. The Hall–Kier alpha value is -1.30. The highest BCUT2D eigenvalue weighted by Gasteiger charge is 2.11. The highest BCUT2D eigenvalue weighted by molar-refractivity contribution is 14.1. The molecule has 2 rings (SSSR count). The Balaban J connectivity index is 2.17. The molecular formula is C12H10INO2. The van der Waals surface area contributed by atoms with E-state index < -0.39 is 0 Å². The number of carbonyl (C=O) groups excluding carboxylic acids is 1. The van der Waals surface area contributed by atoms with Crippen LogP contribution < -0.4 is 5.32 Å². The first-order valence-electron chi connectivity index (χ1n) is 4.79. The topological polar surface area (TPSA) is 42.2 Å². The highest BCUT2D eigenvalue weighted by Crippen LogP contribution is 2.18. The van der Waals surface area contributed by atoms with Gasteiger partial charge < -0.3 is 9.73 Å². The molecule has 16 heavy (non-hydrogen) atoms. The van der Waals surface area contributed by atoms with Gasteiger partial charge in [0.15, 0.2) is 5.76 Å². The number of amides is 1. The van der Waals surface area contributed by atoms with Crippen molar-refractivity contribution in [2.45, 2.75) is 6.92 Å². The quantitative estimate of drug-likeness (QED) is 0.859. The van der Waals surface area contributed by atoms with Gasteiger partial charge in [-0.25, -0.2) is 0 Å². The van der Waals surface area contributed by atoms with E-state index in [9.17, 15) is 4.79 Å². The molecule has 0 aliphatic carbocycles. The largest absolute Gasteiger partial charge is 0.456 e. The maximum absolute atomic E-state index is 11.8. The van der Waals surface area contributed by atoms with Crippen LogP contribution in [0, 0.1) is 10.5 Å². The molecular weight excluding hydrogens is 317 g/mol. The predicted octanol–water partition coefficient (Wildman–Crippen LogP) is 3.44. The van der Waals surface area contributed by atoms with Gasteiger partial charge in [0.1, 0.15) is 5.76 Å². The number of hydrogen-bond acceptors (Lipinski definition) is 2. The average Bonchev–Trinajstić information content (AvgIpc) is 2.68. The Kier molecular flexibility index (Phi) is 3.28. The zero-order valence-corrected chi connectivity index (χ0v) is 10.8. The summed E-state index contributed by atoms with van der Waals surface area (Å²) in [5.41, 5.74) is 0.794. The number of nitrogens with one attached hydrogen (secondary N) is 1. The number of hydrogen-bond donors (Lipinski definition) is 1. The Morgan fingerprint density at radius 2 is 2.00 bits per heavy atom. The molecule has 1 aromatic carbocycles. The second kappa shape index (κ2) is 4.69. The van der Waals surface area contributed by atoms with E-state index in [2.05, 4.69) is 27.9 Å². The Bertz CT molecular complexity index is 519. The third kappa shape index (κ3) is 2.44. The molecule has 0 fully saturated rings. The van der Waals surface area contributed by atoms with Crippen molar-refractivity contribution in [3.8, 4) is 0 Å². The molecule has 2 aromatic rings. The fourth-order valence-electron chi connectivity index (χ4n) is 1.30. The molecule has 0 saturated heterocycles. The first-order valence-corrected chi connectivity index (χ1v) is 5.87. The monoisotopic (exact) mass is 327 g/mol. The minimum Gasteiger partial charge on any atom is -0.456 e. The lowest BCUT2D eigenvalue weighted by molar-refractivity contribution is 0.0995. The number of halogens is 1. The summed E-state index contributed by atoms with van der Waals surface area (Å²) in [5.74, 6) is 0.835. The van der Waals surface area contributed by atoms with Gasteiger partial charge in [0.05, 0.1) is 5.69 Å². The fraction of sp³-hybridized carbons (Fsp3) is 0.0833. The van der Waals surface area contributed by atoms with E-state index >= 15 is 0 Å². The molecule has 0 bridgehead atoms. The van der Waals surface area contributed by atoms with E-state index in [1.807, 2.05) is 31.2 Å². The maximum atomic E-state index is 11.8. The van der Waals surface area contributed by atoms with Crippen LogP contribution in [-0.4, -0.2) is 5.91 Å². The van der Waals surface area contributed by atoms with Gasteiger partial charge in [-0.15, -0.1) is 0 Å². The standard InChI is InChI=1S/C12H10INO2/c1-8-6-7-11(16-8)12(15)14-10-5-3-2-4-9(10)13/h2-7H,1H3,(H,14,15). The molecule has 1 amide bonds. The third-order valence-electron chi connectivity index (χ3n) is 2.09. The third-order valence-corrected chi connectivity index (χ3v) is 3.03. The molecule has 0 atom stereocenters. The second-order valence-electron chi connectivity index (χ2n) is 3.34. The Morgan fingerprint density at radius 3 is 2.62 bits per heavy atom. The van der Waals surface area contributed by atoms with Crippen LogP contribution in [0.15, 0.2) is 40.8 Å². The van der Waals surface area contributed by atoms with E-state index in [4.69, 9.17) is 4.42 Å². The van der Waals surface area contributed by atoms with Gasteiger partial charge in [-0.1, -0.05) is 12.1 Å². The van der Waals surface area contributed by atoms with Crippen LogP contribution >= 0.6 is 22.6 Å². The number of aryl methyl sites for hydroxylation is 1. The predicted molar refractivity (Wildman–Crippen MR) is 70.6 cm³/mol. The van der Waals surface area contributed by atoms with Crippen LogP contribution in [0.1, 0.15) is 16.3 Å². The van der Waals surface area contributed by atoms with Gasteiger partial charge in [-0.05, 0) is 53.8 Å². The second-order valence-corrected chi connectivity index (χ2v) is 4.51. The summed E-state index contributed by atoms with van der Waals surface area (Å²) < 4.78 is 6.24. The minimum atomic E-state index is -0.225. The summed E-state index contributed by atoms with van der Waals surface area (Å²) in [6, 6.07) is 11.0. The molecule has 0 spiro atoms. The molecule has 0 aliphatic rings. The Morgan fingerprint density at radius 1 is 1.25 bits per heavy atom. The smallest absolute Gasteiger partial charge is 0.291 e. The molecule has 4 heteroatoms. The molecule has 3 nitrogen and oxygen atoms in total. The summed E-state index contributed by atoms with van der Waals surface area (Å²) in [6.45, 7) is 1.81. The SMILES string of the molecule is Cc1ccc(C(=O)Nc2ccccc2I)o1. The summed E-state index contributed by atoms with van der Waals surface area (Å²) in [7, 11) is 0. The molecule has 82 valence electrons. The Labute approximate surface area is 107 Å². The first-order chi connectivity index (χ1) is 7.66. The number of carbonyl (C=O) groups is 1. The molecule has 1 N–H and O–H groups in total. The van der Waals surface area contributed by atoms with Crippen LogP contribution in [0.25, 0.3) is 0 Å². The summed E-state index contributed by atoms with van der Waals surface area (Å²) in [6.07, 6.45) is 0. The normalized spacial score (nSPS) is 10.1. The van der Waals surface area contributed by atoms with E-state index in [1.165, 1.54) is 0 Å². The van der Waals surface area contributed by atoms with Crippen molar-refractivity contribution in [1.82, 2.24) is 0 Å². The van der Waals surface area contributed by atoms with E-state index in [-0.39, 0.29) is 5.91 Å². The van der Waals surface area contributed by atoms with Gasteiger partial charge in [0, 0.05) is 3.57 Å². The zero-order valence-electron chi connectivity index (χ0n) is 8.66. The van der Waals surface area contributed by atoms with Crippen molar-refractivity contribution < 1.29 is 9.21 Å². The van der Waals surface area contributed by atoms with Crippen molar-refractivity contribution in [2.75, 3.05) is 5.32 Å². The summed E-state index contributed by atoms with van der Waals surface area (Å²) in [5, 5.41) is 2.80. The van der Waals surface area contributed by atoms with Crippen molar-refractivity contribution in [2.24, 2.45) is 0 Å². The highest BCUT2D eigenvalue weighted by atomic mass is 127. The molecule has 0 unspecified atom stereocenters. The lowest BCUT2D eigenvalue weighted by Gasteiger charge is -2.04. The van der Waals surface area contributed by atoms with E-state index in [1.54, 1.807) is 12.1 Å². The minimum absolute atomic E-state index is 0.225. The lowest BCUT2D eigenvalue weighted by atomic mass is 10.3. The number of para-hydroxylation sites is 1. The van der Waals surface area contributed by atoms with Crippen LogP contribution in [-0.2, 0) is 0 Å². The molecule has 0 radical (unpaired) electrons. The maximum Gasteiger partial charge on any atom is 0.291 e. The molecule has 0 aliphatic heterocycles. The van der Waals surface area contributed by atoms with Crippen molar-refractivity contribution in [1.29, 1.82) is 0 Å². The average molecular weight is 327 g/mol. The van der Waals surface area contributed by atoms with Gasteiger partial charge in [-0.2, -0.15) is 0 Å². The van der Waals surface area contributed by atoms with Gasteiger partial charge in [0.2, 0.25) is 0 Å². The van der Waals surface area contributed by atoms with Crippen LogP contribution in [0.5, 0.6) is 0 Å². The molecule has 0 saturated carbocycles. The summed E-state index contributed by atoms with van der Waals surface area (Å²) in [4.78, 5) is 11.8. The van der Waals surface area contributed by atoms with E-state index in [0.29, 0.717) is 5.76 Å². The van der Waals surface area contributed by atoms with Crippen LogP contribution in [0.4, 0.5) is 5.69 Å². The first kappa shape index (κ1) is 11.2. The molecule has 1 heterocycles. The fourth-order valence-corrected chi connectivity index (χ4v) is 1.83. The number of furan rings is 1. The van der Waals surface area contributed by atoms with Crippen molar-refractivity contribution in [3.63, 3.8) is 0 Å². The number of rotatable bonds is 2. The zero-order chi connectivity index (χ0) is 11.5. The number of benzene rings is 1. The van der Waals surface area contributed by atoms with Crippen molar-refractivity contribution >= 4 is 34.2 Å². The number of anilines is 1. The van der Waals surface area contributed by atoms with Gasteiger partial charge in [-0.3, -0.25) is 4.79 Å². The van der Waals surface area contributed by atoms with Crippen LogP contribution in [0.3, 0.4) is 0 Å². The van der Waals surface area contributed by atoms with Crippen molar-refractivity contribution in [3.05, 3.63) is 51.5 Å². The van der Waals surface area contributed by atoms with Gasteiger partial charge in [0.25, 0.3) is 5.91 Å². The van der Waals surface area contributed by atoms with Crippen LogP contribution in [0.2, 0.25) is 0 Å². The summed E-state index contributed by atoms with van der Waals surface area (Å²) >= 11 is 2.17. The van der Waals surface area contributed by atoms with E-state index in [0.717, 1.165) is 15.0 Å². The van der Waals surface area contributed by atoms with Gasteiger partial charge >= 0.3 is 0 Å². The molecule has 1 aromatic heterocycles.